The molecule has 2 radical (unpaired) electrons. The first-order valence-electron chi connectivity index (χ1n) is 4.28. The monoisotopic (exact) mass is 386 g/mol. The summed E-state index contributed by atoms with van der Waals surface area (Å²) >= 11 is 0. The largest absolute Gasteiger partial charge is 0.573 e. The average molecular weight is 385 g/mol. The summed E-state index contributed by atoms with van der Waals surface area (Å²) in [5.41, 5.74) is 1.56. The average Bonchev–Trinajstić information content (AvgIpc) is 2.33. The predicted molar refractivity (Wildman–Crippen MR) is 57.0 cm³/mol. The minimum atomic E-state index is 0. The summed E-state index contributed by atoms with van der Waals surface area (Å²) in [5, 5.41) is 9.52. The van der Waals surface area contributed by atoms with Crippen LogP contribution in [0.25, 0.3) is 11.3 Å². The van der Waals surface area contributed by atoms with Crippen LogP contribution < -0.4 is 0 Å². The fraction of sp³-hybridized carbons (Fsp3) is 0. The summed E-state index contributed by atoms with van der Waals surface area (Å²) in [7, 11) is 0. The van der Waals surface area contributed by atoms with E-state index in [-0.39, 0.29) is 26.2 Å². The molecule has 0 aliphatic rings. The molecule has 1 heterocycles. The van der Waals surface area contributed by atoms with E-state index in [2.05, 4.69) is 11.8 Å². The number of pyridine rings is 1. The van der Waals surface area contributed by atoms with Gasteiger partial charge in [-0.05, 0) is 24.3 Å². The van der Waals surface area contributed by atoms with Gasteiger partial charge in [-0.15, -0.1) is 0 Å². The van der Waals surface area contributed by atoms with E-state index >= 15 is 0 Å². The van der Waals surface area contributed by atoms with E-state index in [1.165, 1.54) is 0 Å². The van der Waals surface area contributed by atoms with Crippen LogP contribution in [-0.4, -0.2) is 16.9 Å². The van der Waals surface area contributed by atoms with Crippen LogP contribution in [0.3, 0.4) is 0 Å². The maximum Gasteiger partial charge on any atom is 0.124 e. The summed E-state index contributed by atoms with van der Waals surface area (Å²) in [6.07, 6.45) is 1.71. The zero-order chi connectivity index (χ0) is 11.1. The van der Waals surface area contributed by atoms with Crippen LogP contribution in [0.1, 0.15) is 0 Å². The molecule has 0 fully saturated rings. The van der Waals surface area contributed by atoms with Crippen LogP contribution in [-0.2, 0) is 25.2 Å². The molecular weight excluding hydrogens is 376 g/mol. The van der Waals surface area contributed by atoms with Crippen molar-refractivity contribution in [2.24, 2.45) is 0 Å². The fourth-order valence-corrected chi connectivity index (χ4v) is 1.21. The van der Waals surface area contributed by atoms with Crippen molar-refractivity contribution in [3.63, 3.8) is 0 Å². The van der Waals surface area contributed by atoms with Gasteiger partial charge in [0.1, 0.15) is 5.75 Å². The van der Waals surface area contributed by atoms with Crippen LogP contribution in [0, 0.1) is 0 Å². The Labute approximate surface area is 108 Å². The summed E-state index contributed by atoms with van der Waals surface area (Å²) in [6, 6.07) is 12.8. The second-order valence-corrected chi connectivity index (χ2v) is 2.73. The third-order valence-electron chi connectivity index (χ3n) is 1.84. The van der Waals surface area contributed by atoms with Crippen molar-refractivity contribution in [1.82, 2.24) is 4.98 Å². The van der Waals surface area contributed by atoms with Crippen molar-refractivity contribution >= 4 is 6.79 Å². The van der Waals surface area contributed by atoms with Crippen LogP contribution in [0.5, 0.6) is 5.75 Å². The van der Waals surface area contributed by atoms with Crippen molar-refractivity contribution in [3.8, 4) is 17.0 Å². The van der Waals surface area contributed by atoms with E-state index in [4.69, 9.17) is 4.79 Å². The summed E-state index contributed by atoms with van der Waals surface area (Å²) in [6.45, 7) is 4.50. The van der Waals surface area contributed by atoms with E-state index < -0.39 is 0 Å². The summed E-state index contributed by atoms with van der Waals surface area (Å²) < 4.78 is 0. The van der Waals surface area contributed by atoms with E-state index in [9.17, 15) is 5.11 Å². The minimum Gasteiger partial charge on any atom is -0.573 e. The van der Waals surface area contributed by atoms with E-state index in [1.807, 2.05) is 30.3 Å². The second-order valence-electron chi connectivity index (χ2n) is 2.73. The van der Waals surface area contributed by atoms with Gasteiger partial charge in [0.2, 0.25) is 0 Å². The molecule has 4 heteroatoms. The number of hydrogen-bond donors (Lipinski definition) is 1. The molecule has 0 atom stereocenters. The number of aromatic hydroxyl groups is 1. The molecule has 1 aromatic heterocycles. The number of carbonyl (C=O) groups excluding carboxylic acids is 1. The number of phenolic OH excluding ortho intramolecular Hbond substituents is 1. The molecule has 0 spiro atoms. The number of rotatable bonds is 1. The molecule has 0 amide bonds. The first-order chi connectivity index (χ1) is 7.38. The Morgan fingerprint density at radius 3 is 2.19 bits per heavy atom. The van der Waals surface area contributed by atoms with Crippen LogP contribution in [0.4, 0.5) is 0 Å². The second kappa shape index (κ2) is 7.75. The summed E-state index contributed by atoms with van der Waals surface area (Å²) in [4.78, 5) is 11.6. The quantitative estimate of drug-likeness (QED) is 0.765. The van der Waals surface area contributed by atoms with Crippen LogP contribution in [0.2, 0.25) is 0 Å². The Balaban J connectivity index is 0.000000711. The van der Waals surface area contributed by atoms with Crippen molar-refractivity contribution in [2.75, 3.05) is 0 Å². The number of benzene rings is 1. The predicted octanol–water partition coefficient (Wildman–Crippen LogP) is 2.05. The first-order valence-corrected chi connectivity index (χ1v) is 4.28. The number of aromatic nitrogens is 1. The number of para-hydroxylation sites is 1. The Bertz CT molecular complexity index is 420. The SMILES string of the molecule is Oc1ccccc1-c1ccccn1.[C-]=O.[Re]. The molecule has 1 aromatic carbocycles. The van der Waals surface area contributed by atoms with E-state index in [0.717, 1.165) is 11.3 Å². The van der Waals surface area contributed by atoms with E-state index in [1.54, 1.807) is 18.3 Å². The van der Waals surface area contributed by atoms with E-state index in [0.29, 0.717) is 0 Å². The van der Waals surface area contributed by atoms with Gasteiger partial charge in [0.25, 0.3) is 0 Å². The molecule has 0 aliphatic heterocycles. The molecule has 0 unspecified atom stereocenters. The number of hydrogen-bond acceptors (Lipinski definition) is 3. The van der Waals surface area contributed by atoms with Crippen molar-refractivity contribution in [1.29, 1.82) is 0 Å². The van der Waals surface area contributed by atoms with Gasteiger partial charge in [-0.3, -0.25) is 4.98 Å². The molecular formula is C12H9NO2Re-. The fourth-order valence-electron chi connectivity index (χ4n) is 1.21. The van der Waals surface area contributed by atoms with Crippen LogP contribution in [0.15, 0.2) is 48.7 Å². The third kappa shape index (κ3) is 3.58. The molecule has 0 aliphatic carbocycles. The molecule has 2 aromatic rings. The zero-order valence-corrected chi connectivity index (χ0v) is 11.0. The standard InChI is InChI=1S/C11H9NO.CO.Re/c13-11-7-2-1-5-9(11)10-6-3-4-8-12-10;1-2;/h1-8,13H;;/q;-1;. The molecule has 0 bridgehead atoms. The molecule has 16 heavy (non-hydrogen) atoms. The van der Waals surface area contributed by atoms with Crippen molar-refractivity contribution in [2.45, 2.75) is 0 Å². The van der Waals surface area contributed by atoms with Gasteiger partial charge in [0.15, 0.2) is 0 Å². The number of phenols is 1. The van der Waals surface area contributed by atoms with Crippen molar-refractivity contribution in [3.05, 3.63) is 48.7 Å². The molecule has 0 saturated heterocycles. The van der Waals surface area contributed by atoms with Gasteiger partial charge < -0.3 is 16.7 Å². The normalized spacial score (nSPS) is 8.25. The minimum absolute atomic E-state index is 0. The molecule has 3 nitrogen and oxygen atoms in total. The molecule has 1 N–H and O–H groups in total. The summed E-state index contributed by atoms with van der Waals surface area (Å²) in [5.74, 6) is 0.265. The maximum atomic E-state index is 9.52. The number of nitrogens with zero attached hydrogens (tertiary/aromatic N) is 1. The Kier molecular flexibility index (Phi) is 7.02. The topological polar surface area (TPSA) is 50.2 Å². The van der Waals surface area contributed by atoms with Gasteiger partial charge >= 0.3 is 0 Å². The van der Waals surface area contributed by atoms with Crippen LogP contribution >= 0.6 is 0 Å². The van der Waals surface area contributed by atoms with Gasteiger partial charge in [-0.2, -0.15) is 0 Å². The van der Waals surface area contributed by atoms with Gasteiger partial charge in [-0.1, -0.05) is 18.2 Å². The Morgan fingerprint density at radius 2 is 1.62 bits per heavy atom. The Hall–Kier alpha value is -1.50. The van der Waals surface area contributed by atoms with Crippen molar-refractivity contribution < 1.29 is 30.3 Å². The van der Waals surface area contributed by atoms with Gasteiger partial charge in [0.05, 0.1) is 5.69 Å². The molecule has 2 rings (SSSR count). The zero-order valence-electron chi connectivity index (χ0n) is 8.30. The smallest absolute Gasteiger partial charge is 0.124 e. The van der Waals surface area contributed by atoms with Gasteiger partial charge in [0, 0.05) is 32.2 Å². The maximum absolute atomic E-state index is 9.52. The Morgan fingerprint density at radius 1 is 1.00 bits per heavy atom. The third-order valence-corrected chi connectivity index (χ3v) is 1.84. The molecule has 0 saturated carbocycles. The van der Waals surface area contributed by atoms with Gasteiger partial charge in [-0.25, -0.2) is 0 Å². The molecule has 82 valence electrons. The first kappa shape index (κ1) is 14.5.